The molecule has 114 valence electrons. The molecule has 1 saturated carbocycles. The molecule has 1 aliphatic carbocycles. The molecule has 0 aliphatic heterocycles. The van der Waals surface area contributed by atoms with Crippen LogP contribution in [0.1, 0.15) is 43.0 Å². The fourth-order valence-electron chi connectivity index (χ4n) is 2.74. The number of aliphatic carboxylic acids is 1. The second-order valence-electron chi connectivity index (χ2n) is 5.47. The quantitative estimate of drug-likeness (QED) is 0.655. The summed E-state index contributed by atoms with van der Waals surface area (Å²) >= 11 is 0.849. The molecular weight excluding hydrogens is 296 g/mol. The Morgan fingerprint density at radius 2 is 2.29 bits per heavy atom. The summed E-state index contributed by atoms with van der Waals surface area (Å²) in [6, 6.07) is 1.17. The third kappa shape index (κ3) is 3.21. The largest absolute Gasteiger partial charge is 0.480 e. The molecule has 2 atom stereocenters. The molecule has 8 heteroatoms. The second-order valence-corrected chi connectivity index (χ2v) is 6.36. The van der Waals surface area contributed by atoms with E-state index in [4.69, 9.17) is 0 Å². The first-order valence-corrected chi connectivity index (χ1v) is 7.51. The van der Waals surface area contributed by atoms with E-state index in [1.807, 2.05) is 6.92 Å². The molecular formula is C13H16N2O5S. The molecule has 1 fully saturated rings. The van der Waals surface area contributed by atoms with Crippen molar-refractivity contribution in [2.75, 3.05) is 0 Å². The first-order valence-electron chi connectivity index (χ1n) is 6.63. The zero-order chi connectivity index (χ0) is 15.6. The predicted molar refractivity (Wildman–Crippen MR) is 76.4 cm³/mol. The van der Waals surface area contributed by atoms with Crippen LogP contribution in [0, 0.1) is 16.0 Å². The minimum atomic E-state index is -1.27. The molecule has 2 rings (SSSR count). The van der Waals surface area contributed by atoms with Crippen LogP contribution < -0.4 is 5.32 Å². The Bertz CT molecular complexity index is 585. The monoisotopic (exact) mass is 312 g/mol. The summed E-state index contributed by atoms with van der Waals surface area (Å²) in [6.45, 7) is 1.96. The van der Waals surface area contributed by atoms with Gasteiger partial charge in [-0.25, -0.2) is 4.79 Å². The Balaban J connectivity index is 2.18. The first kappa shape index (κ1) is 15.4. The van der Waals surface area contributed by atoms with Crippen LogP contribution in [-0.4, -0.2) is 27.4 Å². The maximum Gasteiger partial charge on any atom is 0.329 e. The van der Waals surface area contributed by atoms with E-state index in [1.165, 1.54) is 11.4 Å². The molecule has 0 bridgehead atoms. The van der Waals surface area contributed by atoms with Gasteiger partial charge in [0.1, 0.15) is 5.54 Å². The standard InChI is InChI=1S/C13H16N2O5S/c1-8-3-2-4-13(6-8,12(17)18)14-11(16)9-5-10(15(19)20)21-7-9/h5,7-8H,2-4,6H2,1H3,(H,14,16)(H,17,18). The lowest BCUT2D eigenvalue weighted by molar-refractivity contribution is -0.380. The summed E-state index contributed by atoms with van der Waals surface area (Å²) in [5, 5.41) is 23.9. The summed E-state index contributed by atoms with van der Waals surface area (Å²) in [6.07, 6.45) is 2.43. The molecule has 0 saturated heterocycles. The van der Waals surface area contributed by atoms with E-state index in [2.05, 4.69) is 5.32 Å². The van der Waals surface area contributed by atoms with Crippen molar-refractivity contribution in [3.8, 4) is 0 Å². The average Bonchev–Trinajstić information content (AvgIpc) is 2.88. The topological polar surface area (TPSA) is 110 Å². The van der Waals surface area contributed by atoms with Crippen molar-refractivity contribution in [3.63, 3.8) is 0 Å². The zero-order valence-corrected chi connectivity index (χ0v) is 12.3. The highest BCUT2D eigenvalue weighted by Gasteiger charge is 2.43. The minimum absolute atomic E-state index is 0.130. The van der Waals surface area contributed by atoms with Gasteiger partial charge in [0.2, 0.25) is 0 Å². The van der Waals surface area contributed by atoms with Crippen molar-refractivity contribution in [2.45, 2.75) is 38.1 Å². The van der Waals surface area contributed by atoms with Crippen LogP contribution in [0.15, 0.2) is 11.4 Å². The summed E-state index contributed by atoms with van der Waals surface area (Å²) < 4.78 is 0. The lowest BCUT2D eigenvalue weighted by Crippen LogP contribution is -2.56. The van der Waals surface area contributed by atoms with Gasteiger partial charge in [-0.05, 0) is 18.8 Å². The number of carboxylic acids is 1. The van der Waals surface area contributed by atoms with Crippen molar-refractivity contribution >= 4 is 28.2 Å². The first-order chi connectivity index (χ1) is 9.84. The lowest BCUT2D eigenvalue weighted by atomic mass is 9.76. The number of nitrogens with one attached hydrogen (secondary N) is 1. The predicted octanol–water partition coefficient (Wildman–Crippen LogP) is 2.42. The van der Waals surface area contributed by atoms with Gasteiger partial charge in [-0.15, -0.1) is 0 Å². The van der Waals surface area contributed by atoms with Gasteiger partial charge in [0, 0.05) is 11.4 Å². The van der Waals surface area contributed by atoms with E-state index in [-0.39, 0.29) is 16.5 Å². The summed E-state index contributed by atoms with van der Waals surface area (Å²) in [5.41, 5.74) is -1.14. The van der Waals surface area contributed by atoms with Crippen molar-refractivity contribution < 1.29 is 19.6 Å². The number of hydrogen-bond donors (Lipinski definition) is 2. The van der Waals surface area contributed by atoms with Crippen LogP contribution >= 0.6 is 11.3 Å². The molecule has 2 N–H and O–H groups in total. The zero-order valence-electron chi connectivity index (χ0n) is 11.5. The van der Waals surface area contributed by atoms with Gasteiger partial charge in [0.25, 0.3) is 5.91 Å². The SMILES string of the molecule is CC1CCCC(NC(=O)c2csc([N+](=O)[O-])c2)(C(=O)O)C1. The maximum absolute atomic E-state index is 12.2. The summed E-state index contributed by atoms with van der Waals surface area (Å²) in [5.74, 6) is -1.41. The second kappa shape index (κ2) is 5.80. The number of carboxylic acid groups (broad SMARTS) is 1. The van der Waals surface area contributed by atoms with E-state index in [9.17, 15) is 24.8 Å². The van der Waals surface area contributed by atoms with Gasteiger partial charge in [-0.1, -0.05) is 31.1 Å². The molecule has 1 amide bonds. The number of carbonyl (C=O) groups excluding carboxylic acids is 1. The molecule has 7 nitrogen and oxygen atoms in total. The normalized spacial score (nSPS) is 25.3. The highest BCUT2D eigenvalue weighted by atomic mass is 32.1. The average molecular weight is 312 g/mol. The number of carbonyl (C=O) groups is 2. The van der Waals surface area contributed by atoms with Crippen LogP contribution in [0.5, 0.6) is 0 Å². The Morgan fingerprint density at radius 1 is 1.57 bits per heavy atom. The van der Waals surface area contributed by atoms with Gasteiger partial charge in [-0.2, -0.15) is 0 Å². The van der Waals surface area contributed by atoms with Crippen LogP contribution in [0.4, 0.5) is 5.00 Å². The fourth-order valence-corrected chi connectivity index (χ4v) is 3.45. The molecule has 1 aromatic rings. The number of thiophene rings is 1. The van der Waals surface area contributed by atoms with E-state index in [0.717, 1.165) is 24.2 Å². The van der Waals surface area contributed by atoms with Crippen LogP contribution in [-0.2, 0) is 4.79 Å². The van der Waals surface area contributed by atoms with Crippen molar-refractivity contribution in [1.29, 1.82) is 0 Å². The van der Waals surface area contributed by atoms with E-state index >= 15 is 0 Å². The van der Waals surface area contributed by atoms with Gasteiger partial charge < -0.3 is 10.4 Å². The van der Waals surface area contributed by atoms with Crippen molar-refractivity contribution in [3.05, 3.63) is 27.1 Å². The van der Waals surface area contributed by atoms with Crippen molar-refractivity contribution in [1.82, 2.24) is 5.32 Å². The molecule has 0 radical (unpaired) electrons. The van der Waals surface area contributed by atoms with Crippen LogP contribution in [0.2, 0.25) is 0 Å². The smallest absolute Gasteiger partial charge is 0.329 e. The van der Waals surface area contributed by atoms with Gasteiger partial charge in [0.05, 0.1) is 10.5 Å². The Kier molecular flexibility index (Phi) is 4.26. The lowest BCUT2D eigenvalue weighted by Gasteiger charge is -2.36. The van der Waals surface area contributed by atoms with E-state index in [0.29, 0.717) is 12.8 Å². The third-order valence-electron chi connectivity index (χ3n) is 3.79. The Labute approximate surface area is 125 Å². The molecule has 1 heterocycles. The molecule has 1 aromatic heterocycles. The summed E-state index contributed by atoms with van der Waals surface area (Å²) in [7, 11) is 0. The minimum Gasteiger partial charge on any atom is -0.480 e. The summed E-state index contributed by atoms with van der Waals surface area (Å²) in [4.78, 5) is 33.8. The fraction of sp³-hybridized carbons (Fsp3) is 0.538. The molecule has 0 aromatic carbocycles. The number of rotatable bonds is 4. The molecule has 21 heavy (non-hydrogen) atoms. The maximum atomic E-state index is 12.2. The highest BCUT2D eigenvalue weighted by molar-refractivity contribution is 7.13. The van der Waals surface area contributed by atoms with Gasteiger partial charge in [-0.3, -0.25) is 14.9 Å². The Morgan fingerprint density at radius 3 is 2.81 bits per heavy atom. The van der Waals surface area contributed by atoms with Crippen LogP contribution in [0.3, 0.4) is 0 Å². The van der Waals surface area contributed by atoms with Gasteiger partial charge >= 0.3 is 11.0 Å². The van der Waals surface area contributed by atoms with E-state index < -0.39 is 22.3 Å². The molecule has 0 spiro atoms. The Hall–Kier alpha value is -1.96. The molecule has 1 aliphatic rings. The number of hydrogen-bond acceptors (Lipinski definition) is 5. The van der Waals surface area contributed by atoms with E-state index in [1.54, 1.807) is 0 Å². The van der Waals surface area contributed by atoms with Crippen molar-refractivity contribution in [2.24, 2.45) is 5.92 Å². The van der Waals surface area contributed by atoms with Gasteiger partial charge in [0.15, 0.2) is 0 Å². The molecule has 2 unspecified atom stereocenters. The number of nitro groups is 1. The third-order valence-corrected chi connectivity index (χ3v) is 4.67. The highest BCUT2D eigenvalue weighted by Crippen LogP contribution is 2.33. The number of amides is 1. The van der Waals surface area contributed by atoms with Crippen LogP contribution in [0.25, 0.3) is 0 Å². The number of nitrogens with zero attached hydrogens (tertiary/aromatic N) is 1.